The highest BCUT2D eigenvalue weighted by Crippen LogP contribution is 2.08. The first kappa shape index (κ1) is 11.2. The van der Waals surface area contributed by atoms with E-state index in [0.717, 1.165) is 19.6 Å². The molecule has 1 unspecified atom stereocenters. The Labute approximate surface area is 84.2 Å². The number of morpholine rings is 1. The molecule has 0 spiro atoms. The van der Waals surface area contributed by atoms with E-state index in [4.69, 9.17) is 9.84 Å². The number of carbonyl (C=O) groups is 1. The fourth-order valence-electron chi connectivity index (χ4n) is 1.52. The van der Waals surface area contributed by atoms with Crippen LogP contribution in [-0.2, 0) is 9.53 Å². The minimum Gasteiger partial charge on any atom is -0.481 e. The molecular formula is C10H17NO3. The van der Waals surface area contributed by atoms with Gasteiger partial charge >= 0.3 is 5.97 Å². The summed E-state index contributed by atoms with van der Waals surface area (Å²) in [5.74, 6) is -0.789. The number of hydrogen-bond donors (Lipinski definition) is 1. The highest BCUT2D eigenvalue weighted by molar-refractivity contribution is 5.67. The SMILES string of the molecule is CC=CCN1CCOC(CC(=O)O)C1. The second-order valence-electron chi connectivity index (χ2n) is 3.42. The summed E-state index contributed by atoms with van der Waals surface area (Å²) >= 11 is 0. The van der Waals surface area contributed by atoms with Crippen LogP contribution in [0.4, 0.5) is 0 Å². The molecule has 0 bridgehead atoms. The molecule has 0 aromatic carbocycles. The minimum absolute atomic E-state index is 0.104. The lowest BCUT2D eigenvalue weighted by atomic mass is 10.2. The Hall–Kier alpha value is -0.870. The molecule has 0 amide bonds. The molecule has 1 aliphatic heterocycles. The van der Waals surface area contributed by atoms with Crippen LogP contribution in [0.3, 0.4) is 0 Å². The normalized spacial score (nSPS) is 24.2. The van der Waals surface area contributed by atoms with Gasteiger partial charge in [0.15, 0.2) is 0 Å². The van der Waals surface area contributed by atoms with Gasteiger partial charge in [0.2, 0.25) is 0 Å². The molecule has 4 nitrogen and oxygen atoms in total. The number of ether oxygens (including phenoxy) is 1. The van der Waals surface area contributed by atoms with Crippen molar-refractivity contribution in [3.63, 3.8) is 0 Å². The van der Waals surface area contributed by atoms with Gasteiger partial charge in [-0.15, -0.1) is 0 Å². The molecule has 14 heavy (non-hydrogen) atoms. The van der Waals surface area contributed by atoms with Gasteiger partial charge in [-0.1, -0.05) is 12.2 Å². The molecule has 1 fully saturated rings. The van der Waals surface area contributed by atoms with E-state index in [1.54, 1.807) is 0 Å². The van der Waals surface area contributed by atoms with E-state index in [-0.39, 0.29) is 12.5 Å². The number of carboxylic acid groups (broad SMARTS) is 1. The first-order chi connectivity index (χ1) is 6.72. The summed E-state index contributed by atoms with van der Waals surface area (Å²) in [6, 6.07) is 0. The van der Waals surface area contributed by atoms with Crippen LogP contribution in [0.1, 0.15) is 13.3 Å². The fraction of sp³-hybridized carbons (Fsp3) is 0.700. The third-order valence-corrected chi connectivity index (χ3v) is 2.22. The van der Waals surface area contributed by atoms with E-state index in [9.17, 15) is 4.79 Å². The Morgan fingerprint density at radius 2 is 2.50 bits per heavy atom. The number of hydrogen-bond acceptors (Lipinski definition) is 3. The Morgan fingerprint density at radius 1 is 1.71 bits per heavy atom. The van der Waals surface area contributed by atoms with Crippen LogP contribution in [0.2, 0.25) is 0 Å². The average Bonchev–Trinajstić information content (AvgIpc) is 2.14. The molecule has 1 N–H and O–H groups in total. The highest BCUT2D eigenvalue weighted by atomic mass is 16.5. The molecule has 1 rings (SSSR count). The van der Waals surface area contributed by atoms with Gasteiger partial charge in [0, 0.05) is 19.6 Å². The lowest BCUT2D eigenvalue weighted by Crippen LogP contribution is -2.43. The summed E-state index contributed by atoms with van der Waals surface area (Å²) < 4.78 is 5.35. The Balaban J connectivity index is 2.31. The van der Waals surface area contributed by atoms with Crippen molar-refractivity contribution in [1.82, 2.24) is 4.90 Å². The maximum Gasteiger partial charge on any atom is 0.306 e. The van der Waals surface area contributed by atoms with Crippen molar-refractivity contribution in [3.8, 4) is 0 Å². The van der Waals surface area contributed by atoms with Crippen molar-refractivity contribution in [2.45, 2.75) is 19.4 Å². The summed E-state index contributed by atoms with van der Waals surface area (Å²) in [7, 11) is 0. The van der Waals surface area contributed by atoms with Crippen molar-refractivity contribution < 1.29 is 14.6 Å². The number of nitrogens with zero attached hydrogens (tertiary/aromatic N) is 1. The summed E-state index contributed by atoms with van der Waals surface area (Å²) in [5, 5.41) is 8.62. The average molecular weight is 199 g/mol. The van der Waals surface area contributed by atoms with Crippen molar-refractivity contribution >= 4 is 5.97 Å². The Morgan fingerprint density at radius 3 is 3.14 bits per heavy atom. The topological polar surface area (TPSA) is 49.8 Å². The summed E-state index contributed by atoms with van der Waals surface area (Å²) in [6.45, 7) is 5.11. The van der Waals surface area contributed by atoms with Crippen LogP contribution in [0.25, 0.3) is 0 Å². The highest BCUT2D eigenvalue weighted by Gasteiger charge is 2.21. The summed E-state index contributed by atoms with van der Waals surface area (Å²) in [5.41, 5.74) is 0. The maximum absolute atomic E-state index is 10.5. The van der Waals surface area contributed by atoms with Gasteiger partial charge in [-0.2, -0.15) is 0 Å². The zero-order chi connectivity index (χ0) is 10.4. The van der Waals surface area contributed by atoms with Crippen LogP contribution in [0.5, 0.6) is 0 Å². The predicted molar refractivity (Wildman–Crippen MR) is 53.2 cm³/mol. The van der Waals surface area contributed by atoms with E-state index in [1.165, 1.54) is 0 Å². The van der Waals surface area contributed by atoms with Crippen molar-refractivity contribution in [3.05, 3.63) is 12.2 Å². The second-order valence-corrected chi connectivity index (χ2v) is 3.42. The monoisotopic (exact) mass is 199 g/mol. The Kier molecular flexibility index (Phi) is 4.62. The Bertz CT molecular complexity index is 215. The molecule has 0 radical (unpaired) electrons. The predicted octanol–water partition coefficient (Wildman–Crippen LogP) is 0.738. The van der Waals surface area contributed by atoms with Crippen LogP contribution in [0.15, 0.2) is 12.2 Å². The van der Waals surface area contributed by atoms with Crippen LogP contribution in [-0.4, -0.2) is 48.3 Å². The lowest BCUT2D eigenvalue weighted by Gasteiger charge is -2.31. The molecule has 1 heterocycles. The first-order valence-electron chi connectivity index (χ1n) is 4.89. The van der Waals surface area contributed by atoms with Crippen molar-refractivity contribution in [1.29, 1.82) is 0 Å². The molecule has 0 saturated carbocycles. The second kappa shape index (κ2) is 5.78. The van der Waals surface area contributed by atoms with Crippen molar-refractivity contribution in [2.24, 2.45) is 0 Å². The molecule has 0 aromatic heterocycles. The van der Waals surface area contributed by atoms with Gasteiger partial charge in [-0.05, 0) is 6.92 Å². The van der Waals surface area contributed by atoms with Gasteiger partial charge < -0.3 is 9.84 Å². The van der Waals surface area contributed by atoms with E-state index in [0.29, 0.717) is 6.61 Å². The quantitative estimate of drug-likeness (QED) is 0.678. The van der Waals surface area contributed by atoms with Gasteiger partial charge in [-0.3, -0.25) is 9.69 Å². The van der Waals surface area contributed by atoms with Crippen molar-refractivity contribution in [2.75, 3.05) is 26.2 Å². The summed E-state index contributed by atoms with van der Waals surface area (Å²) in [6.07, 6.45) is 4.03. The third kappa shape index (κ3) is 3.89. The van der Waals surface area contributed by atoms with Crippen LogP contribution < -0.4 is 0 Å². The van der Waals surface area contributed by atoms with Gasteiger partial charge in [0.1, 0.15) is 0 Å². The minimum atomic E-state index is -0.789. The number of carboxylic acids is 1. The van der Waals surface area contributed by atoms with Gasteiger partial charge in [0.05, 0.1) is 19.1 Å². The van der Waals surface area contributed by atoms with Crippen LogP contribution >= 0.6 is 0 Å². The van der Waals surface area contributed by atoms with E-state index in [2.05, 4.69) is 11.0 Å². The standard InChI is InChI=1S/C10H17NO3/c1-2-3-4-11-5-6-14-9(8-11)7-10(12)13/h2-3,9H,4-8H2,1H3,(H,12,13). The molecular weight excluding hydrogens is 182 g/mol. The fourth-order valence-corrected chi connectivity index (χ4v) is 1.52. The molecule has 1 aliphatic rings. The molecule has 1 saturated heterocycles. The smallest absolute Gasteiger partial charge is 0.306 e. The number of aliphatic carboxylic acids is 1. The molecule has 0 aromatic rings. The lowest BCUT2D eigenvalue weighted by molar-refractivity contribution is -0.142. The molecule has 80 valence electrons. The third-order valence-electron chi connectivity index (χ3n) is 2.22. The maximum atomic E-state index is 10.5. The molecule has 4 heteroatoms. The van der Waals surface area contributed by atoms with Gasteiger partial charge in [-0.25, -0.2) is 0 Å². The van der Waals surface area contributed by atoms with E-state index < -0.39 is 5.97 Å². The molecule has 1 atom stereocenters. The zero-order valence-electron chi connectivity index (χ0n) is 8.48. The molecule has 0 aliphatic carbocycles. The first-order valence-corrected chi connectivity index (χ1v) is 4.89. The summed E-state index contributed by atoms with van der Waals surface area (Å²) in [4.78, 5) is 12.7. The van der Waals surface area contributed by atoms with E-state index >= 15 is 0 Å². The van der Waals surface area contributed by atoms with Gasteiger partial charge in [0.25, 0.3) is 0 Å². The zero-order valence-corrected chi connectivity index (χ0v) is 8.48. The van der Waals surface area contributed by atoms with Crippen LogP contribution in [0, 0.1) is 0 Å². The number of rotatable bonds is 4. The number of allylic oxidation sites excluding steroid dienone is 1. The van der Waals surface area contributed by atoms with E-state index in [1.807, 2.05) is 13.0 Å². The largest absolute Gasteiger partial charge is 0.481 e.